The first-order chi connectivity index (χ1) is 9.40. The summed E-state index contributed by atoms with van der Waals surface area (Å²) >= 11 is 3.26. The Bertz CT molecular complexity index is 689. The average molecular weight is 341 g/mol. The van der Waals surface area contributed by atoms with Crippen molar-refractivity contribution in [2.75, 3.05) is 11.1 Å². The summed E-state index contributed by atoms with van der Waals surface area (Å²) in [5.41, 5.74) is 5.70. The van der Waals surface area contributed by atoms with Gasteiger partial charge in [-0.15, -0.1) is 0 Å². The lowest BCUT2D eigenvalue weighted by molar-refractivity contribution is 0.101. The molecule has 0 saturated heterocycles. The van der Waals surface area contributed by atoms with Crippen molar-refractivity contribution in [3.05, 3.63) is 57.6 Å². The number of nitrogens with one attached hydrogen (secondary N) is 1. The van der Waals surface area contributed by atoms with Crippen molar-refractivity contribution in [2.24, 2.45) is 0 Å². The first kappa shape index (κ1) is 14.5. The van der Waals surface area contributed by atoms with Crippen LogP contribution in [0.4, 0.5) is 20.2 Å². The Morgan fingerprint density at radius 3 is 2.65 bits per heavy atom. The average Bonchev–Trinajstić information content (AvgIpc) is 2.39. The van der Waals surface area contributed by atoms with Crippen LogP contribution < -0.4 is 11.1 Å². The summed E-state index contributed by atoms with van der Waals surface area (Å²) in [7, 11) is 0. The molecular weight excluding hydrogens is 330 g/mol. The van der Waals surface area contributed by atoms with E-state index in [1.807, 2.05) is 13.0 Å². The van der Waals surface area contributed by atoms with Gasteiger partial charge in [-0.05, 0) is 52.7 Å². The first-order valence-electron chi connectivity index (χ1n) is 5.71. The van der Waals surface area contributed by atoms with Crippen LogP contribution in [-0.4, -0.2) is 5.91 Å². The van der Waals surface area contributed by atoms with Gasteiger partial charge in [0, 0.05) is 4.47 Å². The summed E-state index contributed by atoms with van der Waals surface area (Å²) in [4.78, 5) is 12.0. The highest BCUT2D eigenvalue weighted by atomic mass is 79.9. The summed E-state index contributed by atoms with van der Waals surface area (Å²) in [5.74, 6) is -2.91. The SMILES string of the molecule is Cc1ccc(Br)c(NC(=O)c2c(F)ccc(N)c2F)c1. The van der Waals surface area contributed by atoms with Crippen LogP contribution in [0.1, 0.15) is 15.9 Å². The second-order valence-corrected chi connectivity index (χ2v) is 5.12. The Morgan fingerprint density at radius 1 is 1.25 bits per heavy atom. The molecule has 104 valence electrons. The third kappa shape index (κ3) is 2.80. The highest BCUT2D eigenvalue weighted by molar-refractivity contribution is 9.10. The number of anilines is 2. The maximum atomic E-state index is 13.8. The van der Waals surface area contributed by atoms with Gasteiger partial charge in [0.05, 0.1) is 11.4 Å². The van der Waals surface area contributed by atoms with E-state index in [-0.39, 0.29) is 5.69 Å². The van der Waals surface area contributed by atoms with Gasteiger partial charge in [-0.1, -0.05) is 6.07 Å². The van der Waals surface area contributed by atoms with E-state index in [9.17, 15) is 13.6 Å². The van der Waals surface area contributed by atoms with Crippen LogP contribution in [0.3, 0.4) is 0 Å². The van der Waals surface area contributed by atoms with Crippen LogP contribution >= 0.6 is 15.9 Å². The highest BCUT2D eigenvalue weighted by Gasteiger charge is 2.20. The molecule has 2 rings (SSSR count). The summed E-state index contributed by atoms with van der Waals surface area (Å²) in [5, 5.41) is 2.45. The van der Waals surface area contributed by atoms with Crippen LogP contribution in [0.15, 0.2) is 34.8 Å². The molecule has 3 nitrogen and oxygen atoms in total. The monoisotopic (exact) mass is 340 g/mol. The zero-order valence-electron chi connectivity index (χ0n) is 10.5. The molecule has 0 spiro atoms. The minimum Gasteiger partial charge on any atom is -0.396 e. The number of amides is 1. The van der Waals surface area contributed by atoms with Gasteiger partial charge in [0.2, 0.25) is 0 Å². The number of benzene rings is 2. The van der Waals surface area contributed by atoms with E-state index in [1.165, 1.54) is 0 Å². The fourth-order valence-electron chi connectivity index (χ4n) is 1.70. The van der Waals surface area contributed by atoms with Gasteiger partial charge in [-0.3, -0.25) is 4.79 Å². The Labute approximate surface area is 122 Å². The minimum absolute atomic E-state index is 0.278. The molecule has 0 unspecified atom stereocenters. The Kier molecular flexibility index (Phi) is 4.04. The summed E-state index contributed by atoms with van der Waals surface area (Å²) in [6.45, 7) is 1.84. The Hall–Kier alpha value is -1.95. The minimum atomic E-state index is -1.06. The second-order valence-electron chi connectivity index (χ2n) is 4.26. The third-order valence-corrected chi connectivity index (χ3v) is 3.41. The molecule has 2 aromatic carbocycles. The first-order valence-corrected chi connectivity index (χ1v) is 6.50. The van der Waals surface area contributed by atoms with Crippen LogP contribution in [0.5, 0.6) is 0 Å². The van der Waals surface area contributed by atoms with E-state index in [0.29, 0.717) is 10.2 Å². The lowest BCUT2D eigenvalue weighted by Crippen LogP contribution is -2.17. The molecule has 0 aromatic heterocycles. The van der Waals surface area contributed by atoms with Crippen LogP contribution in [0, 0.1) is 18.6 Å². The van der Waals surface area contributed by atoms with Crippen molar-refractivity contribution < 1.29 is 13.6 Å². The fraction of sp³-hybridized carbons (Fsp3) is 0.0714. The molecule has 1 amide bonds. The lowest BCUT2D eigenvalue weighted by Gasteiger charge is -2.10. The van der Waals surface area contributed by atoms with Crippen molar-refractivity contribution in [3.8, 4) is 0 Å². The van der Waals surface area contributed by atoms with Gasteiger partial charge in [0.15, 0.2) is 5.82 Å². The van der Waals surface area contributed by atoms with Gasteiger partial charge < -0.3 is 11.1 Å². The van der Waals surface area contributed by atoms with Crippen LogP contribution in [0.25, 0.3) is 0 Å². The van der Waals surface area contributed by atoms with E-state index >= 15 is 0 Å². The van der Waals surface area contributed by atoms with Gasteiger partial charge >= 0.3 is 0 Å². The number of nitrogen functional groups attached to an aromatic ring is 1. The van der Waals surface area contributed by atoms with Crippen molar-refractivity contribution in [1.82, 2.24) is 0 Å². The molecule has 2 aromatic rings. The van der Waals surface area contributed by atoms with Gasteiger partial charge in [0.1, 0.15) is 11.4 Å². The molecule has 0 radical (unpaired) electrons. The Morgan fingerprint density at radius 2 is 1.95 bits per heavy atom. The topological polar surface area (TPSA) is 55.1 Å². The molecule has 0 fully saturated rings. The molecule has 0 bridgehead atoms. The summed E-state index contributed by atoms with van der Waals surface area (Å²) < 4.78 is 28.0. The van der Waals surface area contributed by atoms with Crippen molar-refractivity contribution in [1.29, 1.82) is 0 Å². The number of carbonyl (C=O) groups excluding carboxylic acids is 1. The molecule has 0 aliphatic rings. The standard InChI is InChI=1S/C14H11BrF2N2O/c1-7-2-3-8(15)11(6-7)19-14(20)12-9(16)4-5-10(18)13(12)17/h2-6H,18H2,1H3,(H,19,20). The largest absolute Gasteiger partial charge is 0.396 e. The quantitative estimate of drug-likeness (QED) is 0.815. The van der Waals surface area contributed by atoms with Gasteiger partial charge in [-0.25, -0.2) is 8.78 Å². The molecule has 0 atom stereocenters. The fourth-order valence-corrected chi connectivity index (χ4v) is 2.04. The number of hydrogen-bond acceptors (Lipinski definition) is 2. The number of aryl methyl sites for hydroxylation is 1. The number of carbonyl (C=O) groups is 1. The predicted octanol–water partition coefficient (Wildman–Crippen LogP) is 3.87. The molecule has 0 aliphatic carbocycles. The third-order valence-electron chi connectivity index (χ3n) is 2.72. The number of rotatable bonds is 2. The zero-order chi connectivity index (χ0) is 14.9. The van der Waals surface area contributed by atoms with Gasteiger partial charge in [0.25, 0.3) is 5.91 Å². The van der Waals surface area contributed by atoms with E-state index < -0.39 is 23.1 Å². The predicted molar refractivity (Wildman–Crippen MR) is 77.6 cm³/mol. The van der Waals surface area contributed by atoms with Crippen molar-refractivity contribution in [2.45, 2.75) is 6.92 Å². The number of hydrogen-bond donors (Lipinski definition) is 2. The highest BCUT2D eigenvalue weighted by Crippen LogP contribution is 2.25. The van der Waals surface area contributed by atoms with E-state index in [0.717, 1.165) is 17.7 Å². The molecule has 0 saturated carbocycles. The summed E-state index contributed by atoms with van der Waals surface area (Å²) in [6, 6.07) is 7.28. The molecule has 6 heteroatoms. The van der Waals surface area contributed by atoms with Crippen molar-refractivity contribution >= 4 is 33.2 Å². The second kappa shape index (κ2) is 5.58. The molecule has 3 N–H and O–H groups in total. The zero-order valence-corrected chi connectivity index (χ0v) is 12.1. The molecule has 20 heavy (non-hydrogen) atoms. The Balaban J connectivity index is 2.38. The van der Waals surface area contributed by atoms with Crippen molar-refractivity contribution in [3.63, 3.8) is 0 Å². The molecule has 0 aliphatic heterocycles. The maximum Gasteiger partial charge on any atom is 0.261 e. The molecule has 0 heterocycles. The lowest BCUT2D eigenvalue weighted by atomic mass is 10.1. The van der Waals surface area contributed by atoms with E-state index in [2.05, 4.69) is 21.2 Å². The number of nitrogens with two attached hydrogens (primary N) is 1. The smallest absolute Gasteiger partial charge is 0.261 e. The van der Waals surface area contributed by atoms with Crippen LogP contribution in [-0.2, 0) is 0 Å². The molecular formula is C14H11BrF2N2O. The number of halogens is 3. The summed E-state index contributed by atoms with van der Waals surface area (Å²) in [6.07, 6.45) is 0. The van der Waals surface area contributed by atoms with E-state index in [1.54, 1.807) is 12.1 Å². The van der Waals surface area contributed by atoms with Crippen LogP contribution in [0.2, 0.25) is 0 Å². The van der Waals surface area contributed by atoms with Gasteiger partial charge in [-0.2, -0.15) is 0 Å². The normalized spacial score (nSPS) is 10.4. The van der Waals surface area contributed by atoms with E-state index in [4.69, 9.17) is 5.73 Å². The maximum absolute atomic E-state index is 13.8.